The van der Waals surface area contributed by atoms with Crippen molar-refractivity contribution in [1.82, 2.24) is 0 Å². The lowest BCUT2D eigenvalue weighted by Gasteiger charge is -2.09. The lowest BCUT2D eigenvalue weighted by molar-refractivity contribution is -0.143. The van der Waals surface area contributed by atoms with E-state index >= 15 is 0 Å². The minimum atomic E-state index is -4.63. The van der Waals surface area contributed by atoms with Gasteiger partial charge in [-0.1, -0.05) is 17.7 Å². The number of ether oxygens (including phenoxy) is 1. The largest absolute Gasteiger partial charge is 0.454 e. The zero-order valence-corrected chi connectivity index (χ0v) is 13.6. The molecule has 0 aliphatic carbocycles. The zero-order valence-electron chi connectivity index (χ0n) is 12.9. The molecule has 0 saturated heterocycles. The van der Waals surface area contributed by atoms with Crippen LogP contribution in [0, 0.1) is 22.7 Å². The number of halogens is 4. The van der Waals surface area contributed by atoms with Crippen molar-refractivity contribution >= 4 is 35.1 Å². The first-order valence-electron chi connectivity index (χ1n) is 6.75. The second-order valence-electron chi connectivity index (χ2n) is 4.89. The topological polar surface area (TPSA) is 91.0 Å². The summed E-state index contributed by atoms with van der Waals surface area (Å²) in [6, 6.07) is 4.69. The monoisotopic (exact) mass is 372 g/mol. The van der Waals surface area contributed by atoms with Crippen molar-refractivity contribution in [2.45, 2.75) is 13.1 Å². The Bertz CT molecular complexity index is 767. The Labute approximate surface area is 146 Å². The van der Waals surface area contributed by atoms with Gasteiger partial charge >= 0.3 is 12.1 Å². The Morgan fingerprint density at radius 2 is 2.08 bits per heavy atom. The number of carbonyl (C=O) groups is 2. The molecule has 0 radical (unpaired) electrons. The first-order chi connectivity index (χ1) is 11.6. The Morgan fingerprint density at radius 3 is 2.60 bits per heavy atom. The number of nitriles is 1. The number of hydrogen-bond acceptors (Lipinski definition) is 5. The van der Waals surface area contributed by atoms with Crippen molar-refractivity contribution in [3.63, 3.8) is 0 Å². The van der Waals surface area contributed by atoms with E-state index in [9.17, 15) is 22.8 Å². The summed E-state index contributed by atoms with van der Waals surface area (Å²) < 4.78 is 42.8. The maximum Gasteiger partial charge on any atom is 0.417 e. The molecule has 1 N–H and O–H groups in total. The van der Waals surface area contributed by atoms with E-state index in [0.717, 1.165) is 24.3 Å². The molecule has 25 heavy (non-hydrogen) atoms. The Morgan fingerprint density at radius 1 is 1.44 bits per heavy atom. The Balaban J connectivity index is 2.74. The molecule has 0 saturated carbocycles. The van der Waals surface area contributed by atoms with Crippen LogP contribution in [0.3, 0.4) is 0 Å². The van der Waals surface area contributed by atoms with E-state index in [1.165, 1.54) is 13.0 Å². The van der Waals surface area contributed by atoms with Gasteiger partial charge in [-0.2, -0.15) is 18.4 Å². The van der Waals surface area contributed by atoms with Gasteiger partial charge in [0.05, 0.1) is 16.7 Å². The number of hydrogen-bond donors (Lipinski definition) is 1. The van der Waals surface area contributed by atoms with Crippen molar-refractivity contribution < 1.29 is 27.5 Å². The maximum atomic E-state index is 12.7. The molecule has 0 bridgehead atoms. The second-order valence-corrected chi connectivity index (χ2v) is 5.30. The Kier molecular flexibility index (Phi) is 6.88. The molecule has 0 heterocycles. The fraction of sp³-hybridized carbons (Fsp3) is 0.250. The summed E-state index contributed by atoms with van der Waals surface area (Å²) in [5.41, 5.74) is -1.16. The van der Waals surface area contributed by atoms with E-state index < -0.39 is 41.0 Å². The molecule has 132 valence electrons. The summed E-state index contributed by atoms with van der Waals surface area (Å²) in [5, 5.41) is 15.5. The summed E-state index contributed by atoms with van der Waals surface area (Å²) in [4.78, 5) is 23.1. The van der Waals surface area contributed by atoms with Crippen molar-refractivity contribution in [3.8, 4) is 6.07 Å². The SMILES string of the molecule is CC(=N)C(C#N)C(=O)COC(=O)/C=C/c1ccc(Cl)c(C(F)(F)F)c1. The van der Waals surface area contributed by atoms with Crippen LogP contribution >= 0.6 is 11.6 Å². The van der Waals surface area contributed by atoms with E-state index in [0.29, 0.717) is 0 Å². The number of alkyl halides is 3. The Hall–Kier alpha value is -2.66. The lowest BCUT2D eigenvalue weighted by Crippen LogP contribution is -2.25. The molecule has 1 rings (SSSR count). The van der Waals surface area contributed by atoms with Crippen LogP contribution < -0.4 is 0 Å². The van der Waals surface area contributed by atoms with Gasteiger partial charge in [0.25, 0.3) is 0 Å². The van der Waals surface area contributed by atoms with Gasteiger partial charge in [-0.25, -0.2) is 4.79 Å². The highest BCUT2D eigenvalue weighted by atomic mass is 35.5. The summed E-state index contributed by atoms with van der Waals surface area (Å²) in [6.07, 6.45) is -2.72. The lowest BCUT2D eigenvalue weighted by atomic mass is 10.0. The highest BCUT2D eigenvalue weighted by Crippen LogP contribution is 2.35. The van der Waals surface area contributed by atoms with Gasteiger partial charge in [0.2, 0.25) is 0 Å². The number of benzene rings is 1. The molecule has 0 spiro atoms. The normalized spacial score (nSPS) is 12.5. The van der Waals surface area contributed by atoms with Crippen molar-refractivity contribution in [3.05, 3.63) is 40.4 Å². The smallest absolute Gasteiger partial charge is 0.417 e. The number of rotatable bonds is 6. The molecular weight excluding hydrogens is 361 g/mol. The predicted octanol–water partition coefficient (Wildman–Crippen LogP) is 3.66. The molecular formula is C16H12ClF3N2O3. The van der Waals surface area contributed by atoms with Gasteiger partial charge in [0.1, 0.15) is 5.92 Å². The fourth-order valence-electron chi connectivity index (χ4n) is 1.71. The highest BCUT2D eigenvalue weighted by Gasteiger charge is 2.33. The van der Waals surface area contributed by atoms with Crippen LogP contribution in [0.1, 0.15) is 18.1 Å². The number of carbonyl (C=O) groups excluding carboxylic acids is 2. The third kappa shape index (κ3) is 6.04. The summed E-state index contributed by atoms with van der Waals surface area (Å²) in [7, 11) is 0. The predicted molar refractivity (Wildman–Crippen MR) is 84.0 cm³/mol. The van der Waals surface area contributed by atoms with Gasteiger partial charge < -0.3 is 10.1 Å². The number of nitrogens with one attached hydrogen (secondary N) is 1. The van der Waals surface area contributed by atoms with Gasteiger partial charge in [0.15, 0.2) is 12.4 Å². The van der Waals surface area contributed by atoms with Crippen LogP contribution in [0.4, 0.5) is 13.2 Å². The van der Waals surface area contributed by atoms with Gasteiger partial charge in [-0.3, -0.25) is 4.79 Å². The molecule has 1 unspecified atom stereocenters. The van der Waals surface area contributed by atoms with Crippen molar-refractivity contribution in [1.29, 1.82) is 10.7 Å². The maximum absolute atomic E-state index is 12.7. The molecule has 1 aromatic carbocycles. The molecule has 0 aromatic heterocycles. The van der Waals surface area contributed by atoms with Crippen LogP contribution in [-0.4, -0.2) is 24.1 Å². The van der Waals surface area contributed by atoms with Crippen molar-refractivity contribution in [2.75, 3.05) is 6.61 Å². The molecule has 9 heteroatoms. The van der Waals surface area contributed by atoms with Gasteiger partial charge in [-0.05, 0) is 30.7 Å². The molecule has 1 atom stereocenters. The minimum absolute atomic E-state index is 0.0604. The van der Waals surface area contributed by atoms with E-state index in [-0.39, 0.29) is 11.3 Å². The first kappa shape index (κ1) is 20.4. The number of ketones is 1. The van der Waals surface area contributed by atoms with Crippen LogP contribution in [0.25, 0.3) is 6.08 Å². The molecule has 0 aliphatic rings. The van der Waals surface area contributed by atoms with E-state index in [1.54, 1.807) is 6.07 Å². The number of nitrogens with zero attached hydrogens (tertiary/aromatic N) is 1. The van der Waals surface area contributed by atoms with Gasteiger partial charge in [-0.15, -0.1) is 0 Å². The van der Waals surface area contributed by atoms with Crippen LogP contribution in [0.5, 0.6) is 0 Å². The first-order valence-corrected chi connectivity index (χ1v) is 7.13. The quantitative estimate of drug-likeness (QED) is 0.468. The van der Waals surface area contributed by atoms with E-state index in [4.69, 9.17) is 22.3 Å². The van der Waals surface area contributed by atoms with E-state index in [2.05, 4.69) is 4.74 Å². The molecule has 1 aromatic rings. The fourth-order valence-corrected chi connectivity index (χ4v) is 1.94. The minimum Gasteiger partial charge on any atom is -0.454 e. The summed E-state index contributed by atoms with van der Waals surface area (Å²) >= 11 is 5.48. The summed E-state index contributed by atoms with van der Waals surface area (Å²) in [5.74, 6) is -3.04. The van der Waals surface area contributed by atoms with Gasteiger partial charge in [0, 0.05) is 11.8 Å². The number of Topliss-reactive ketones (excluding diaryl/α,β-unsaturated/α-hetero) is 1. The second kappa shape index (κ2) is 8.44. The highest BCUT2D eigenvalue weighted by molar-refractivity contribution is 6.31. The molecule has 0 fully saturated rings. The van der Waals surface area contributed by atoms with Crippen molar-refractivity contribution in [2.24, 2.45) is 5.92 Å². The summed E-state index contributed by atoms with van der Waals surface area (Å²) in [6.45, 7) is 0.554. The zero-order chi connectivity index (χ0) is 19.2. The third-order valence-electron chi connectivity index (χ3n) is 2.95. The van der Waals surface area contributed by atoms with Crippen LogP contribution in [0.2, 0.25) is 5.02 Å². The number of esters is 1. The van der Waals surface area contributed by atoms with Crippen LogP contribution in [0.15, 0.2) is 24.3 Å². The molecule has 5 nitrogen and oxygen atoms in total. The standard InChI is InChI=1S/C16H12ClF3N2O3/c1-9(22)11(7-21)14(23)8-25-15(24)5-3-10-2-4-13(17)12(6-10)16(18,19)20/h2-6,11,22H,8H2,1H3/b5-3+,22-9?. The molecule has 0 amide bonds. The average molecular weight is 373 g/mol. The van der Waals surface area contributed by atoms with Crippen LogP contribution in [-0.2, 0) is 20.5 Å². The third-order valence-corrected chi connectivity index (χ3v) is 3.28. The average Bonchev–Trinajstić information content (AvgIpc) is 2.51. The molecule has 0 aliphatic heterocycles. The van der Waals surface area contributed by atoms with E-state index in [1.807, 2.05) is 0 Å².